The fourth-order valence-corrected chi connectivity index (χ4v) is 4.40. The summed E-state index contributed by atoms with van der Waals surface area (Å²) in [5, 5.41) is 2.96. The van der Waals surface area contributed by atoms with E-state index in [2.05, 4.69) is 20.2 Å². The standard InChI is InChI=1S/C27H23F3N4O/c28-27(29,30)21-8-5-18(6-9-21)24-3-1-2-4-25(24)26(35)33-22-10-7-20-15-34(12-11-19(20)13-22)16-23-14-31-17-32-23/h1-10,13-14,17H,11-12,15-16H2,(H,31,32)(H,33,35). The molecular formula is C27H23F3N4O. The van der Waals surface area contributed by atoms with Crippen LogP contribution in [0, 0.1) is 0 Å². The van der Waals surface area contributed by atoms with E-state index in [0.29, 0.717) is 22.4 Å². The highest BCUT2D eigenvalue weighted by atomic mass is 19.4. The molecule has 2 heterocycles. The summed E-state index contributed by atoms with van der Waals surface area (Å²) in [5.74, 6) is -0.309. The second kappa shape index (κ2) is 9.38. The van der Waals surface area contributed by atoms with Crippen LogP contribution in [0.5, 0.6) is 0 Å². The minimum atomic E-state index is -4.40. The van der Waals surface area contributed by atoms with Crippen molar-refractivity contribution in [3.8, 4) is 11.1 Å². The van der Waals surface area contributed by atoms with Crippen LogP contribution >= 0.6 is 0 Å². The number of hydrogen-bond donors (Lipinski definition) is 2. The van der Waals surface area contributed by atoms with Gasteiger partial charge in [-0.3, -0.25) is 9.69 Å². The quantitative estimate of drug-likeness (QED) is 0.377. The number of H-pyrrole nitrogens is 1. The summed E-state index contributed by atoms with van der Waals surface area (Å²) in [6.07, 6.45) is 0.0397. The summed E-state index contributed by atoms with van der Waals surface area (Å²) in [6, 6.07) is 17.7. The van der Waals surface area contributed by atoms with Crippen molar-refractivity contribution in [3.63, 3.8) is 0 Å². The highest BCUT2D eigenvalue weighted by Crippen LogP contribution is 2.32. The maximum Gasteiger partial charge on any atom is 0.416 e. The molecule has 5 nitrogen and oxygen atoms in total. The molecule has 0 atom stereocenters. The zero-order valence-corrected chi connectivity index (χ0v) is 18.8. The van der Waals surface area contributed by atoms with Crippen LogP contribution in [0.4, 0.5) is 18.9 Å². The normalized spacial score (nSPS) is 13.9. The maximum atomic E-state index is 13.1. The first kappa shape index (κ1) is 22.9. The van der Waals surface area contributed by atoms with Crippen molar-refractivity contribution >= 4 is 11.6 Å². The molecule has 0 fully saturated rings. The summed E-state index contributed by atoms with van der Waals surface area (Å²) in [7, 11) is 0. The molecule has 35 heavy (non-hydrogen) atoms. The van der Waals surface area contributed by atoms with E-state index in [1.807, 2.05) is 24.4 Å². The Morgan fingerprint density at radius 3 is 2.57 bits per heavy atom. The van der Waals surface area contributed by atoms with Crippen molar-refractivity contribution in [3.05, 3.63) is 107 Å². The van der Waals surface area contributed by atoms with Crippen LogP contribution in [0.1, 0.15) is 32.7 Å². The van der Waals surface area contributed by atoms with Gasteiger partial charge >= 0.3 is 6.18 Å². The highest BCUT2D eigenvalue weighted by Gasteiger charge is 2.30. The van der Waals surface area contributed by atoms with Crippen LogP contribution in [0.25, 0.3) is 11.1 Å². The Morgan fingerprint density at radius 1 is 1.03 bits per heavy atom. The number of alkyl halides is 3. The molecule has 0 aliphatic carbocycles. The molecule has 0 saturated heterocycles. The first-order chi connectivity index (χ1) is 16.9. The van der Waals surface area contributed by atoms with Crippen LogP contribution in [0.3, 0.4) is 0 Å². The van der Waals surface area contributed by atoms with E-state index >= 15 is 0 Å². The predicted molar refractivity (Wildman–Crippen MR) is 128 cm³/mol. The van der Waals surface area contributed by atoms with Crippen molar-refractivity contribution in [2.45, 2.75) is 25.7 Å². The summed E-state index contributed by atoms with van der Waals surface area (Å²) < 4.78 is 38.8. The Kier molecular flexibility index (Phi) is 6.13. The summed E-state index contributed by atoms with van der Waals surface area (Å²) in [6.45, 7) is 2.49. The van der Waals surface area contributed by atoms with Crippen LogP contribution in [-0.2, 0) is 25.7 Å². The number of nitrogens with one attached hydrogen (secondary N) is 2. The molecular weight excluding hydrogens is 453 g/mol. The molecule has 0 saturated carbocycles. The topological polar surface area (TPSA) is 61.0 Å². The SMILES string of the molecule is O=C(Nc1ccc2c(c1)CCN(Cc1c[nH]cn1)C2)c1ccccc1-c1ccc(C(F)(F)F)cc1. The third-order valence-electron chi connectivity index (χ3n) is 6.19. The van der Waals surface area contributed by atoms with Crippen molar-refractivity contribution in [2.75, 3.05) is 11.9 Å². The molecule has 0 spiro atoms. The van der Waals surface area contributed by atoms with Crippen molar-refractivity contribution in [1.82, 2.24) is 14.9 Å². The summed E-state index contributed by atoms with van der Waals surface area (Å²) >= 11 is 0. The summed E-state index contributed by atoms with van der Waals surface area (Å²) in [5.41, 5.74) is 4.90. The van der Waals surface area contributed by atoms with Gasteiger partial charge in [0.1, 0.15) is 0 Å². The molecule has 2 N–H and O–H groups in total. The Labute approximate surface area is 200 Å². The highest BCUT2D eigenvalue weighted by molar-refractivity contribution is 6.08. The molecule has 5 rings (SSSR count). The zero-order valence-electron chi connectivity index (χ0n) is 18.8. The van der Waals surface area contributed by atoms with Gasteiger partial charge in [0.2, 0.25) is 0 Å². The van der Waals surface area contributed by atoms with Gasteiger partial charge in [-0.2, -0.15) is 13.2 Å². The van der Waals surface area contributed by atoms with Crippen LogP contribution in [0.15, 0.2) is 79.3 Å². The Balaban J connectivity index is 1.31. The lowest BCUT2D eigenvalue weighted by Crippen LogP contribution is -2.30. The monoisotopic (exact) mass is 476 g/mol. The average Bonchev–Trinajstić information content (AvgIpc) is 3.37. The molecule has 1 amide bonds. The number of carbonyl (C=O) groups is 1. The number of rotatable bonds is 5. The second-order valence-electron chi connectivity index (χ2n) is 8.58. The molecule has 1 aromatic heterocycles. The van der Waals surface area contributed by atoms with E-state index < -0.39 is 11.7 Å². The van der Waals surface area contributed by atoms with Crippen molar-refractivity contribution in [2.24, 2.45) is 0 Å². The van der Waals surface area contributed by atoms with E-state index in [0.717, 1.165) is 43.9 Å². The lowest BCUT2D eigenvalue weighted by Gasteiger charge is -2.28. The van der Waals surface area contributed by atoms with E-state index in [-0.39, 0.29) is 5.91 Å². The molecule has 0 unspecified atom stereocenters. The smallest absolute Gasteiger partial charge is 0.351 e. The van der Waals surface area contributed by atoms with E-state index in [9.17, 15) is 18.0 Å². The number of carbonyl (C=O) groups excluding carboxylic acids is 1. The number of aromatic nitrogens is 2. The first-order valence-corrected chi connectivity index (χ1v) is 11.3. The second-order valence-corrected chi connectivity index (χ2v) is 8.58. The van der Waals surface area contributed by atoms with Crippen molar-refractivity contribution < 1.29 is 18.0 Å². The predicted octanol–water partition coefficient (Wildman–Crippen LogP) is 5.91. The van der Waals surface area contributed by atoms with Gasteiger partial charge in [-0.25, -0.2) is 4.98 Å². The average molecular weight is 477 g/mol. The van der Waals surface area contributed by atoms with Gasteiger partial charge in [0.15, 0.2) is 0 Å². The minimum absolute atomic E-state index is 0.309. The fraction of sp³-hybridized carbons (Fsp3) is 0.185. The van der Waals surface area contributed by atoms with E-state index in [4.69, 9.17) is 0 Å². The number of hydrogen-bond acceptors (Lipinski definition) is 3. The van der Waals surface area contributed by atoms with Gasteiger partial charge in [0.25, 0.3) is 5.91 Å². The number of amides is 1. The number of fused-ring (bicyclic) bond motifs is 1. The van der Waals surface area contributed by atoms with Gasteiger partial charge in [-0.1, -0.05) is 36.4 Å². The Morgan fingerprint density at radius 2 is 1.83 bits per heavy atom. The fourth-order valence-electron chi connectivity index (χ4n) is 4.40. The van der Waals surface area contributed by atoms with Gasteiger partial charge in [-0.15, -0.1) is 0 Å². The van der Waals surface area contributed by atoms with Gasteiger partial charge in [0, 0.05) is 37.1 Å². The molecule has 0 radical (unpaired) electrons. The third kappa shape index (κ3) is 5.12. The molecule has 8 heteroatoms. The van der Waals surface area contributed by atoms with E-state index in [1.165, 1.54) is 23.3 Å². The number of aromatic amines is 1. The third-order valence-corrected chi connectivity index (χ3v) is 6.19. The number of halogens is 3. The molecule has 1 aliphatic rings. The molecule has 0 bridgehead atoms. The lowest BCUT2D eigenvalue weighted by atomic mass is 9.97. The minimum Gasteiger partial charge on any atom is -0.351 e. The maximum absolute atomic E-state index is 13.1. The van der Waals surface area contributed by atoms with Crippen molar-refractivity contribution in [1.29, 1.82) is 0 Å². The van der Waals surface area contributed by atoms with Crippen LogP contribution in [-0.4, -0.2) is 27.3 Å². The van der Waals surface area contributed by atoms with Crippen LogP contribution in [0.2, 0.25) is 0 Å². The molecule has 1 aliphatic heterocycles. The first-order valence-electron chi connectivity index (χ1n) is 11.3. The van der Waals surface area contributed by atoms with Crippen LogP contribution < -0.4 is 5.32 Å². The number of anilines is 1. The van der Waals surface area contributed by atoms with Gasteiger partial charge in [-0.05, 0) is 59.0 Å². The number of nitrogens with zero attached hydrogens (tertiary/aromatic N) is 2. The number of benzene rings is 3. The number of imidazole rings is 1. The summed E-state index contributed by atoms with van der Waals surface area (Å²) in [4.78, 5) is 22.7. The molecule has 178 valence electrons. The Bertz CT molecular complexity index is 1330. The Hall–Kier alpha value is -3.91. The molecule has 4 aromatic rings. The van der Waals surface area contributed by atoms with Gasteiger partial charge in [0.05, 0.1) is 17.6 Å². The molecule has 3 aromatic carbocycles. The zero-order chi connectivity index (χ0) is 24.4. The van der Waals surface area contributed by atoms with Gasteiger partial charge < -0.3 is 10.3 Å². The van der Waals surface area contributed by atoms with E-state index in [1.54, 1.807) is 30.6 Å². The largest absolute Gasteiger partial charge is 0.416 e. The lowest BCUT2D eigenvalue weighted by molar-refractivity contribution is -0.137.